The van der Waals surface area contributed by atoms with Gasteiger partial charge in [-0.3, -0.25) is 0 Å². The van der Waals surface area contributed by atoms with Crippen molar-refractivity contribution >= 4 is 6.21 Å². The fraction of sp³-hybridized carbons (Fsp3) is 0.667. The number of hydrogen-bond acceptors (Lipinski definition) is 3. The summed E-state index contributed by atoms with van der Waals surface area (Å²) in [6.07, 6.45) is 7.70. The average Bonchev–Trinajstić information content (AvgIpc) is 2.06. The van der Waals surface area contributed by atoms with Crippen LogP contribution in [0, 0.1) is 0 Å². The van der Waals surface area contributed by atoms with Crippen molar-refractivity contribution in [3.8, 4) is 0 Å². The molecule has 0 aromatic heterocycles. The summed E-state index contributed by atoms with van der Waals surface area (Å²) >= 11 is 0. The standard InChI is InChI=1S/C9H17NO2/c1-3-4-5-6-9(2)12-8-7-10-11/h4-5,7,9,11H,3,6,8H2,1-2H3/b5-4-,10-7?/t9-/m0/s1. The molecule has 3 nitrogen and oxygen atoms in total. The summed E-state index contributed by atoms with van der Waals surface area (Å²) in [7, 11) is 0. The second-order valence-electron chi connectivity index (χ2n) is 2.56. The van der Waals surface area contributed by atoms with Gasteiger partial charge < -0.3 is 9.94 Å². The van der Waals surface area contributed by atoms with Crippen LogP contribution >= 0.6 is 0 Å². The highest BCUT2D eigenvalue weighted by Crippen LogP contribution is 1.98. The molecule has 0 heterocycles. The van der Waals surface area contributed by atoms with Gasteiger partial charge in [-0.15, -0.1) is 0 Å². The van der Waals surface area contributed by atoms with Gasteiger partial charge in [0.05, 0.1) is 18.9 Å². The Kier molecular flexibility index (Phi) is 7.70. The first-order valence-electron chi connectivity index (χ1n) is 4.23. The molecule has 0 fully saturated rings. The molecule has 0 aliphatic heterocycles. The number of allylic oxidation sites excluding steroid dienone is 1. The van der Waals surface area contributed by atoms with Crippen molar-refractivity contribution in [3.63, 3.8) is 0 Å². The maximum absolute atomic E-state index is 8.07. The van der Waals surface area contributed by atoms with E-state index in [9.17, 15) is 0 Å². The van der Waals surface area contributed by atoms with Crippen molar-refractivity contribution in [1.82, 2.24) is 0 Å². The lowest BCUT2D eigenvalue weighted by molar-refractivity contribution is 0.0990. The summed E-state index contributed by atoms with van der Waals surface area (Å²) in [6, 6.07) is 0. The van der Waals surface area contributed by atoms with Crippen LogP contribution in [0.5, 0.6) is 0 Å². The number of ether oxygens (including phenoxy) is 1. The van der Waals surface area contributed by atoms with E-state index in [0.717, 1.165) is 12.8 Å². The highest BCUT2D eigenvalue weighted by Gasteiger charge is 1.96. The predicted octanol–water partition coefficient (Wildman–Crippen LogP) is 2.21. The zero-order valence-electron chi connectivity index (χ0n) is 7.73. The Morgan fingerprint density at radius 1 is 1.50 bits per heavy atom. The van der Waals surface area contributed by atoms with Crippen molar-refractivity contribution in [3.05, 3.63) is 12.2 Å². The van der Waals surface area contributed by atoms with Crippen molar-refractivity contribution in [1.29, 1.82) is 0 Å². The van der Waals surface area contributed by atoms with Crippen LogP contribution in [0.25, 0.3) is 0 Å². The molecule has 0 unspecified atom stereocenters. The maximum Gasteiger partial charge on any atom is 0.0855 e. The van der Waals surface area contributed by atoms with Crippen molar-refractivity contribution in [2.24, 2.45) is 5.16 Å². The molecule has 0 bridgehead atoms. The van der Waals surface area contributed by atoms with Crippen molar-refractivity contribution in [2.75, 3.05) is 6.61 Å². The molecule has 0 rings (SSSR count). The van der Waals surface area contributed by atoms with Gasteiger partial charge in [0.1, 0.15) is 0 Å². The van der Waals surface area contributed by atoms with E-state index >= 15 is 0 Å². The van der Waals surface area contributed by atoms with E-state index < -0.39 is 0 Å². The molecule has 12 heavy (non-hydrogen) atoms. The molecule has 3 heteroatoms. The number of nitrogens with zero attached hydrogens (tertiary/aromatic N) is 1. The Balaban J connectivity index is 3.32. The quantitative estimate of drug-likeness (QED) is 0.288. The Morgan fingerprint density at radius 2 is 2.25 bits per heavy atom. The van der Waals surface area contributed by atoms with Gasteiger partial charge in [-0.1, -0.05) is 24.2 Å². The largest absolute Gasteiger partial charge is 0.411 e. The van der Waals surface area contributed by atoms with E-state index in [1.54, 1.807) is 0 Å². The second-order valence-corrected chi connectivity index (χ2v) is 2.56. The van der Waals surface area contributed by atoms with Gasteiger partial charge in [0, 0.05) is 0 Å². The third-order valence-electron chi connectivity index (χ3n) is 1.41. The SMILES string of the molecule is CC/C=C\C[C@H](C)OCC=NO. The molecule has 0 amide bonds. The molecule has 0 aliphatic carbocycles. The van der Waals surface area contributed by atoms with Gasteiger partial charge in [0.15, 0.2) is 0 Å². The van der Waals surface area contributed by atoms with E-state index in [-0.39, 0.29) is 6.10 Å². The first-order valence-corrected chi connectivity index (χ1v) is 4.23. The Bertz CT molecular complexity index is 143. The number of hydrogen-bond donors (Lipinski definition) is 1. The minimum Gasteiger partial charge on any atom is -0.411 e. The molecule has 0 radical (unpaired) electrons. The monoisotopic (exact) mass is 171 g/mol. The fourth-order valence-corrected chi connectivity index (χ4v) is 0.763. The normalized spacial score (nSPS) is 14.5. The minimum absolute atomic E-state index is 0.186. The summed E-state index contributed by atoms with van der Waals surface area (Å²) in [6.45, 7) is 4.46. The lowest BCUT2D eigenvalue weighted by atomic mass is 10.2. The highest BCUT2D eigenvalue weighted by atomic mass is 16.5. The Hall–Kier alpha value is -0.830. The van der Waals surface area contributed by atoms with Gasteiger partial charge in [-0.2, -0.15) is 0 Å². The first-order chi connectivity index (χ1) is 5.81. The maximum atomic E-state index is 8.07. The topological polar surface area (TPSA) is 41.8 Å². The van der Waals surface area contributed by atoms with E-state index in [0.29, 0.717) is 6.61 Å². The molecule has 0 aromatic carbocycles. The van der Waals surface area contributed by atoms with Crippen LogP contribution < -0.4 is 0 Å². The fourth-order valence-electron chi connectivity index (χ4n) is 0.763. The average molecular weight is 171 g/mol. The van der Waals surface area contributed by atoms with Gasteiger partial charge >= 0.3 is 0 Å². The number of oxime groups is 1. The van der Waals surface area contributed by atoms with Crippen LogP contribution in [0.1, 0.15) is 26.7 Å². The zero-order valence-corrected chi connectivity index (χ0v) is 7.73. The van der Waals surface area contributed by atoms with E-state index in [1.807, 2.05) is 6.92 Å². The molecule has 0 aliphatic rings. The molecular formula is C9H17NO2. The minimum atomic E-state index is 0.186. The van der Waals surface area contributed by atoms with E-state index in [1.165, 1.54) is 6.21 Å². The number of rotatable bonds is 6. The van der Waals surface area contributed by atoms with Crippen LogP contribution in [0.3, 0.4) is 0 Å². The van der Waals surface area contributed by atoms with Crippen molar-refractivity contribution < 1.29 is 9.94 Å². The highest BCUT2D eigenvalue weighted by molar-refractivity contribution is 5.57. The molecule has 0 aromatic rings. The van der Waals surface area contributed by atoms with Crippen LogP contribution in [0.15, 0.2) is 17.3 Å². The summed E-state index contributed by atoms with van der Waals surface area (Å²) < 4.78 is 5.27. The third kappa shape index (κ3) is 7.28. The third-order valence-corrected chi connectivity index (χ3v) is 1.41. The van der Waals surface area contributed by atoms with Gasteiger partial charge in [0.25, 0.3) is 0 Å². The molecule has 0 saturated carbocycles. The summed E-state index contributed by atoms with van der Waals surface area (Å²) in [4.78, 5) is 0. The Labute approximate surface area is 73.7 Å². The van der Waals surface area contributed by atoms with Crippen molar-refractivity contribution in [2.45, 2.75) is 32.8 Å². The lowest BCUT2D eigenvalue weighted by Gasteiger charge is -2.07. The lowest BCUT2D eigenvalue weighted by Crippen LogP contribution is -2.08. The summed E-state index contributed by atoms with van der Waals surface area (Å²) in [5.41, 5.74) is 0. The Morgan fingerprint density at radius 3 is 2.83 bits per heavy atom. The first kappa shape index (κ1) is 11.2. The van der Waals surface area contributed by atoms with Crippen LogP contribution in [0.4, 0.5) is 0 Å². The van der Waals surface area contributed by atoms with Gasteiger partial charge in [0.2, 0.25) is 0 Å². The molecule has 1 N–H and O–H groups in total. The summed E-state index contributed by atoms with van der Waals surface area (Å²) in [5.74, 6) is 0. The summed E-state index contributed by atoms with van der Waals surface area (Å²) in [5, 5.41) is 10.9. The van der Waals surface area contributed by atoms with Crippen LogP contribution in [0.2, 0.25) is 0 Å². The zero-order chi connectivity index (χ0) is 9.23. The smallest absolute Gasteiger partial charge is 0.0855 e. The van der Waals surface area contributed by atoms with E-state index in [2.05, 4.69) is 24.2 Å². The molecule has 1 atom stereocenters. The van der Waals surface area contributed by atoms with Gasteiger partial charge in [-0.05, 0) is 19.8 Å². The molecular weight excluding hydrogens is 154 g/mol. The second kappa shape index (κ2) is 8.27. The molecule has 0 spiro atoms. The predicted molar refractivity (Wildman–Crippen MR) is 49.7 cm³/mol. The van der Waals surface area contributed by atoms with Crippen LogP contribution in [-0.4, -0.2) is 24.1 Å². The molecule has 70 valence electrons. The van der Waals surface area contributed by atoms with E-state index in [4.69, 9.17) is 9.94 Å². The molecule has 0 saturated heterocycles. The van der Waals surface area contributed by atoms with Gasteiger partial charge in [-0.25, -0.2) is 0 Å². The van der Waals surface area contributed by atoms with Crippen LogP contribution in [-0.2, 0) is 4.74 Å².